The van der Waals surface area contributed by atoms with E-state index in [1.807, 2.05) is 24.3 Å². The van der Waals surface area contributed by atoms with Crippen LogP contribution < -0.4 is 5.32 Å². The molecule has 0 aliphatic carbocycles. The highest BCUT2D eigenvalue weighted by Crippen LogP contribution is 2.18. The molecule has 1 N–H and O–H groups in total. The molecule has 2 nitrogen and oxygen atoms in total. The van der Waals surface area contributed by atoms with E-state index in [1.165, 1.54) is 12.1 Å². The molecule has 0 aliphatic heterocycles. The summed E-state index contributed by atoms with van der Waals surface area (Å²) in [4.78, 5) is 12.7. The normalized spacial score (nSPS) is 10.5. The molecular weight excluding hydrogens is 321 g/mol. The van der Waals surface area contributed by atoms with E-state index in [-0.39, 0.29) is 11.7 Å². The van der Waals surface area contributed by atoms with Crippen molar-refractivity contribution < 1.29 is 9.18 Å². The van der Waals surface area contributed by atoms with Crippen LogP contribution in [0.25, 0.3) is 0 Å². The Morgan fingerprint density at radius 1 is 1.09 bits per heavy atom. The summed E-state index contributed by atoms with van der Waals surface area (Å²) in [5.41, 5.74) is 1.14. The molecule has 2 rings (SSSR count). The Morgan fingerprint density at radius 2 is 1.77 bits per heavy atom. The van der Waals surface area contributed by atoms with Crippen molar-refractivity contribution in [3.05, 3.63) is 64.9 Å². The van der Waals surface area contributed by atoms with E-state index in [0.29, 0.717) is 23.7 Å². The molecule has 2 aromatic rings. The smallest absolute Gasteiger partial charge is 0.220 e. The zero-order valence-corrected chi connectivity index (χ0v) is 13.6. The summed E-state index contributed by atoms with van der Waals surface area (Å²) in [7, 11) is 0. The average Bonchev–Trinajstić information content (AvgIpc) is 2.51. The molecule has 22 heavy (non-hydrogen) atoms. The average molecular weight is 338 g/mol. The number of amides is 1. The van der Waals surface area contributed by atoms with E-state index in [1.54, 1.807) is 23.9 Å². The molecule has 0 fully saturated rings. The second-order valence-corrected chi connectivity index (χ2v) is 6.38. The minimum atomic E-state index is -0.246. The minimum absolute atomic E-state index is 0.0311. The molecule has 0 bridgehead atoms. The van der Waals surface area contributed by atoms with Crippen LogP contribution in [0.2, 0.25) is 5.02 Å². The number of nitrogens with one attached hydrogen (secondary N) is 1. The summed E-state index contributed by atoms with van der Waals surface area (Å²) in [5, 5.41) is 3.61. The van der Waals surface area contributed by atoms with Gasteiger partial charge in [-0.3, -0.25) is 4.79 Å². The summed E-state index contributed by atoms with van der Waals surface area (Å²) in [5.74, 6) is 0.464. The highest BCUT2D eigenvalue weighted by Gasteiger charge is 2.02. The quantitative estimate of drug-likeness (QED) is 0.762. The molecule has 0 radical (unpaired) electrons. The third-order valence-corrected chi connectivity index (χ3v) is 4.33. The number of halogens is 2. The second kappa shape index (κ2) is 8.81. The molecule has 1 amide bonds. The van der Waals surface area contributed by atoms with E-state index >= 15 is 0 Å². The Labute approximate surface area is 139 Å². The molecule has 0 aromatic heterocycles. The van der Waals surface area contributed by atoms with Gasteiger partial charge in [0, 0.05) is 28.6 Å². The molecule has 0 saturated heterocycles. The molecule has 0 atom stereocenters. The lowest BCUT2D eigenvalue weighted by Gasteiger charge is -2.06. The topological polar surface area (TPSA) is 29.1 Å². The molecule has 0 heterocycles. The Bertz CT molecular complexity index is 548. The lowest BCUT2D eigenvalue weighted by atomic mass is 10.1. The number of rotatable bonds is 7. The highest BCUT2D eigenvalue weighted by atomic mass is 35.5. The van der Waals surface area contributed by atoms with Crippen LogP contribution in [-0.4, -0.2) is 18.2 Å². The molecule has 0 unspecified atom stereocenters. The van der Waals surface area contributed by atoms with Crippen molar-refractivity contribution in [1.82, 2.24) is 5.32 Å². The van der Waals surface area contributed by atoms with Crippen LogP contribution in [0, 0.1) is 5.82 Å². The van der Waals surface area contributed by atoms with Crippen molar-refractivity contribution in [2.45, 2.75) is 17.7 Å². The van der Waals surface area contributed by atoms with Crippen LogP contribution >= 0.6 is 23.4 Å². The van der Waals surface area contributed by atoms with E-state index in [9.17, 15) is 9.18 Å². The first-order valence-corrected chi connectivity index (χ1v) is 8.39. The number of hydrogen-bond donors (Lipinski definition) is 1. The van der Waals surface area contributed by atoms with Crippen molar-refractivity contribution >= 4 is 29.3 Å². The Morgan fingerprint density at radius 3 is 2.45 bits per heavy atom. The predicted molar refractivity (Wildman–Crippen MR) is 89.9 cm³/mol. The van der Waals surface area contributed by atoms with E-state index < -0.39 is 0 Å². The molecule has 5 heteroatoms. The van der Waals surface area contributed by atoms with Gasteiger partial charge in [0.1, 0.15) is 5.82 Å². The number of carbonyl (C=O) groups is 1. The van der Waals surface area contributed by atoms with Crippen LogP contribution in [0.1, 0.15) is 12.0 Å². The van der Waals surface area contributed by atoms with Crippen LogP contribution in [0.4, 0.5) is 4.39 Å². The van der Waals surface area contributed by atoms with Crippen molar-refractivity contribution in [1.29, 1.82) is 0 Å². The van der Waals surface area contributed by atoms with Gasteiger partial charge < -0.3 is 5.32 Å². The van der Waals surface area contributed by atoms with E-state index in [0.717, 1.165) is 16.9 Å². The lowest BCUT2D eigenvalue weighted by molar-refractivity contribution is -0.120. The Hall–Kier alpha value is -1.52. The fourth-order valence-electron chi connectivity index (χ4n) is 1.88. The van der Waals surface area contributed by atoms with Gasteiger partial charge in [-0.1, -0.05) is 23.7 Å². The second-order valence-electron chi connectivity index (χ2n) is 4.78. The largest absolute Gasteiger partial charge is 0.356 e. The number of benzene rings is 2. The fourth-order valence-corrected chi connectivity index (χ4v) is 2.86. The van der Waals surface area contributed by atoms with Crippen molar-refractivity contribution in [2.24, 2.45) is 0 Å². The van der Waals surface area contributed by atoms with Crippen LogP contribution in [-0.2, 0) is 11.2 Å². The van der Waals surface area contributed by atoms with Crippen molar-refractivity contribution in [2.75, 3.05) is 12.3 Å². The van der Waals surface area contributed by atoms with Crippen LogP contribution in [0.15, 0.2) is 53.4 Å². The van der Waals surface area contributed by atoms with Gasteiger partial charge in [-0.2, -0.15) is 0 Å². The van der Waals surface area contributed by atoms with Gasteiger partial charge in [0.05, 0.1) is 0 Å². The van der Waals surface area contributed by atoms with Gasteiger partial charge in [-0.05, 0) is 48.4 Å². The zero-order chi connectivity index (χ0) is 15.8. The number of hydrogen-bond acceptors (Lipinski definition) is 2. The monoisotopic (exact) mass is 337 g/mol. The highest BCUT2D eigenvalue weighted by molar-refractivity contribution is 7.99. The van der Waals surface area contributed by atoms with Crippen molar-refractivity contribution in [3.8, 4) is 0 Å². The van der Waals surface area contributed by atoms with Crippen LogP contribution in [0.5, 0.6) is 0 Å². The molecular formula is C17H17ClFNOS. The maximum Gasteiger partial charge on any atom is 0.220 e. The standard InChI is InChI=1S/C17H17ClFNOS/c18-14-3-1-13(2-4-14)9-11-20-17(21)10-12-22-16-7-5-15(19)6-8-16/h1-8H,9-12H2,(H,20,21). The SMILES string of the molecule is O=C(CCSc1ccc(F)cc1)NCCc1ccc(Cl)cc1. The van der Waals surface area contributed by atoms with Gasteiger partial charge >= 0.3 is 0 Å². The maximum absolute atomic E-state index is 12.8. The summed E-state index contributed by atoms with van der Waals surface area (Å²) < 4.78 is 12.8. The first-order chi connectivity index (χ1) is 10.6. The Kier molecular flexibility index (Phi) is 6.74. The predicted octanol–water partition coefficient (Wildman–Crippen LogP) is 4.32. The maximum atomic E-state index is 12.8. The number of carbonyl (C=O) groups excluding carboxylic acids is 1. The first-order valence-electron chi connectivity index (χ1n) is 7.03. The molecule has 116 valence electrons. The summed E-state index contributed by atoms with van der Waals surface area (Å²) in [6.45, 7) is 0.613. The Balaban J connectivity index is 1.61. The molecule has 2 aromatic carbocycles. The zero-order valence-electron chi connectivity index (χ0n) is 12.0. The fraction of sp³-hybridized carbons (Fsp3) is 0.235. The summed E-state index contributed by atoms with van der Waals surface area (Å²) >= 11 is 7.37. The summed E-state index contributed by atoms with van der Waals surface area (Å²) in [6.07, 6.45) is 1.23. The summed E-state index contributed by atoms with van der Waals surface area (Å²) in [6, 6.07) is 13.9. The molecule has 0 saturated carbocycles. The van der Waals surface area contributed by atoms with E-state index in [4.69, 9.17) is 11.6 Å². The third-order valence-electron chi connectivity index (χ3n) is 3.06. The van der Waals surface area contributed by atoms with Crippen LogP contribution in [0.3, 0.4) is 0 Å². The molecule has 0 aliphatic rings. The first kappa shape index (κ1) is 16.8. The van der Waals surface area contributed by atoms with Crippen molar-refractivity contribution in [3.63, 3.8) is 0 Å². The van der Waals surface area contributed by atoms with Gasteiger partial charge in [0.15, 0.2) is 0 Å². The van der Waals surface area contributed by atoms with Gasteiger partial charge in [0.25, 0.3) is 0 Å². The van der Waals surface area contributed by atoms with E-state index in [2.05, 4.69) is 5.32 Å². The molecule has 0 spiro atoms. The van der Waals surface area contributed by atoms with Gasteiger partial charge in [0.2, 0.25) is 5.91 Å². The lowest BCUT2D eigenvalue weighted by Crippen LogP contribution is -2.25. The van der Waals surface area contributed by atoms with Gasteiger partial charge in [-0.25, -0.2) is 4.39 Å². The number of thioether (sulfide) groups is 1. The third kappa shape index (κ3) is 6.08. The van der Waals surface area contributed by atoms with Gasteiger partial charge in [-0.15, -0.1) is 11.8 Å². The minimum Gasteiger partial charge on any atom is -0.356 e.